The second kappa shape index (κ2) is 6.14. The summed E-state index contributed by atoms with van der Waals surface area (Å²) in [6.45, 7) is 2.19. The monoisotopic (exact) mass is 262 g/mol. The molecule has 1 aromatic rings. The molecule has 2 rings (SSSR count). The van der Waals surface area contributed by atoms with Crippen LogP contribution in [0.25, 0.3) is 0 Å². The number of benzene rings is 1. The number of nitriles is 1. The molecule has 1 aromatic carbocycles. The maximum absolute atomic E-state index is 13.7. The van der Waals surface area contributed by atoms with Crippen LogP contribution in [0.4, 0.5) is 4.39 Å². The van der Waals surface area contributed by atoms with E-state index in [-0.39, 0.29) is 5.82 Å². The lowest BCUT2D eigenvalue weighted by Gasteiger charge is -2.15. The van der Waals surface area contributed by atoms with E-state index < -0.39 is 0 Å². The first kappa shape index (κ1) is 14.0. The third-order valence-corrected chi connectivity index (χ3v) is 3.79. The molecule has 0 amide bonds. The fourth-order valence-electron chi connectivity index (χ4n) is 2.23. The predicted octanol–water partition coefficient (Wildman–Crippen LogP) is 2.60. The molecule has 0 heterocycles. The average Bonchev–Trinajstić information content (AvgIpc) is 3.19. The highest BCUT2D eigenvalue weighted by Gasteiger charge is 2.41. The molecule has 3 nitrogen and oxygen atoms in total. The minimum absolute atomic E-state index is 0.312. The molecule has 0 spiro atoms. The van der Waals surface area contributed by atoms with Crippen LogP contribution in [0.3, 0.4) is 0 Å². The summed E-state index contributed by atoms with van der Waals surface area (Å²) in [4.78, 5) is 0. The van der Waals surface area contributed by atoms with Crippen molar-refractivity contribution < 1.29 is 9.13 Å². The first-order chi connectivity index (χ1) is 9.19. The lowest BCUT2D eigenvalue weighted by Crippen LogP contribution is -2.25. The van der Waals surface area contributed by atoms with Gasteiger partial charge in [-0.3, -0.25) is 0 Å². The third kappa shape index (κ3) is 3.76. The van der Waals surface area contributed by atoms with Gasteiger partial charge in [0, 0.05) is 32.4 Å². The summed E-state index contributed by atoms with van der Waals surface area (Å²) in [5.41, 5.74) is 1.33. The van der Waals surface area contributed by atoms with Crippen LogP contribution in [-0.2, 0) is 11.3 Å². The van der Waals surface area contributed by atoms with E-state index in [1.54, 1.807) is 19.2 Å². The molecular formula is C15H19FN2O. The summed E-state index contributed by atoms with van der Waals surface area (Å²) in [6.07, 6.45) is 3.50. The van der Waals surface area contributed by atoms with Crippen molar-refractivity contribution in [3.8, 4) is 6.07 Å². The minimum atomic E-state index is -0.312. The van der Waals surface area contributed by atoms with E-state index >= 15 is 0 Å². The van der Waals surface area contributed by atoms with Gasteiger partial charge in [0.15, 0.2) is 0 Å². The Balaban J connectivity index is 1.81. The van der Waals surface area contributed by atoms with Gasteiger partial charge in [-0.05, 0) is 36.8 Å². The van der Waals surface area contributed by atoms with Crippen LogP contribution in [0.1, 0.15) is 30.4 Å². The van der Waals surface area contributed by atoms with E-state index in [0.29, 0.717) is 23.1 Å². The Kier molecular flexibility index (Phi) is 4.52. The van der Waals surface area contributed by atoms with Crippen molar-refractivity contribution in [2.75, 3.05) is 20.3 Å². The number of halogens is 1. The van der Waals surface area contributed by atoms with E-state index in [0.717, 1.165) is 19.6 Å². The summed E-state index contributed by atoms with van der Waals surface area (Å²) < 4.78 is 18.8. The van der Waals surface area contributed by atoms with Gasteiger partial charge in [-0.2, -0.15) is 5.26 Å². The number of nitrogens with one attached hydrogen (secondary N) is 1. The minimum Gasteiger partial charge on any atom is -0.385 e. The molecule has 4 heteroatoms. The molecule has 0 aliphatic heterocycles. The van der Waals surface area contributed by atoms with Gasteiger partial charge >= 0.3 is 0 Å². The van der Waals surface area contributed by atoms with Crippen LogP contribution in [0.5, 0.6) is 0 Å². The largest absolute Gasteiger partial charge is 0.385 e. The smallest absolute Gasteiger partial charge is 0.129 e. The zero-order valence-electron chi connectivity index (χ0n) is 11.2. The molecule has 0 bridgehead atoms. The number of ether oxygens (including phenoxy) is 1. The molecule has 1 aliphatic carbocycles. The summed E-state index contributed by atoms with van der Waals surface area (Å²) >= 11 is 0. The molecule has 0 unspecified atom stereocenters. The number of hydrogen-bond acceptors (Lipinski definition) is 3. The molecule has 0 atom stereocenters. The zero-order chi connectivity index (χ0) is 13.7. The predicted molar refractivity (Wildman–Crippen MR) is 71.0 cm³/mol. The van der Waals surface area contributed by atoms with Gasteiger partial charge in [0.25, 0.3) is 0 Å². The fraction of sp³-hybridized carbons (Fsp3) is 0.533. The Morgan fingerprint density at radius 2 is 2.26 bits per heavy atom. The second-order valence-electron chi connectivity index (χ2n) is 5.26. The summed E-state index contributed by atoms with van der Waals surface area (Å²) in [6, 6.07) is 6.55. The summed E-state index contributed by atoms with van der Waals surface area (Å²) in [5, 5.41) is 12.0. The zero-order valence-corrected chi connectivity index (χ0v) is 11.2. The lowest BCUT2D eigenvalue weighted by molar-refractivity contribution is 0.171. The Labute approximate surface area is 113 Å². The van der Waals surface area contributed by atoms with Crippen LogP contribution >= 0.6 is 0 Å². The maximum atomic E-state index is 13.7. The van der Waals surface area contributed by atoms with Crippen LogP contribution < -0.4 is 5.32 Å². The van der Waals surface area contributed by atoms with Gasteiger partial charge in [-0.15, -0.1) is 0 Å². The van der Waals surface area contributed by atoms with Gasteiger partial charge < -0.3 is 10.1 Å². The van der Waals surface area contributed by atoms with Gasteiger partial charge in [-0.25, -0.2) is 4.39 Å². The first-order valence-corrected chi connectivity index (χ1v) is 6.57. The molecule has 0 aromatic heterocycles. The van der Waals surface area contributed by atoms with Crippen molar-refractivity contribution in [2.45, 2.75) is 25.8 Å². The highest BCUT2D eigenvalue weighted by Crippen LogP contribution is 2.48. The first-order valence-electron chi connectivity index (χ1n) is 6.57. The van der Waals surface area contributed by atoms with Crippen molar-refractivity contribution in [1.82, 2.24) is 5.32 Å². The quantitative estimate of drug-likeness (QED) is 0.821. The molecule has 0 radical (unpaired) electrons. The van der Waals surface area contributed by atoms with Crippen LogP contribution in [0, 0.1) is 22.6 Å². The highest BCUT2D eigenvalue weighted by molar-refractivity contribution is 5.32. The van der Waals surface area contributed by atoms with Crippen molar-refractivity contribution in [1.29, 1.82) is 5.26 Å². The number of methoxy groups -OCH3 is 1. The van der Waals surface area contributed by atoms with Crippen LogP contribution in [0.2, 0.25) is 0 Å². The number of rotatable bonds is 7. The normalized spacial score (nSPS) is 16.1. The Morgan fingerprint density at radius 1 is 1.47 bits per heavy atom. The van der Waals surface area contributed by atoms with Gasteiger partial charge in [0.1, 0.15) is 5.82 Å². The molecule has 19 heavy (non-hydrogen) atoms. The molecule has 102 valence electrons. The van der Waals surface area contributed by atoms with Crippen LogP contribution in [-0.4, -0.2) is 20.3 Å². The average molecular weight is 262 g/mol. The highest BCUT2D eigenvalue weighted by atomic mass is 19.1. The standard InChI is InChI=1S/C15H19FN2O/c1-19-7-6-15(4-5-15)11-18-10-13-3-2-12(9-17)8-14(13)16/h2-3,8,18H,4-7,10-11H2,1H3. The molecule has 1 fully saturated rings. The fourth-order valence-corrected chi connectivity index (χ4v) is 2.23. The maximum Gasteiger partial charge on any atom is 0.129 e. The number of hydrogen-bond donors (Lipinski definition) is 1. The van der Waals surface area contributed by atoms with Gasteiger partial charge in [0.2, 0.25) is 0 Å². The third-order valence-electron chi connectivity index (χ3n) is 3.79. The molecule has 1 aliphatic rings. The summed E-state index contributed by atoms with van der Waals surface area (Å²) in [5.74, 6) is -0.312. The topological polar surface area (TPSA) is 45.0 Å². The molecule has 1 N–H and O–H groups in total. The van der Waals surface area contributed by atoms with Crippen molar-refractivity contribution in [2.24, 2.45) is 5.41 Å². The van der Waals surface area contributed by atoms with E-state index in [9.17, 15) is 4.39 Å². The van der Waals surface area contributed by atoms with Crippen molar-refractivity contribution >= 4 is 0 Å². The van der Waals surface area contributed by atoms with E-state index in [1.165, 1.54) is 18.9 Å². The lowest BCUT2D eigenvalue weighted by atomic mass is 10.0. The van der Waals surface area contributed by atoms with E-state index in [4.69, 9.17) is 10.00 Å². The van der Waals surface area contributed by atoms with E-state index in [1.807, 2.05) is 6.07 Å². The Morgan fingerprint density at radius 3 is 2.84 bits per heavy atom. The van der Waals surface area contributed by atoms with Gasteiger partial charge in [-0.1, -0.05) is 6.07 Å². The number of nitrogens with zero attached hydrogens (tertiary/aromatic N) is 1. The second-order valence-corrected chi connectivity index (χ2v) is 5.26. The molecule has 1 saturated carbocycles. The van der Waals surface area contributed by atoms with E-state index in [2.05, 4.69) is 5.32 Å². The van der Waals surface area contributed by atoms with Gasteiger partial charge in [0.05, 0.1) is 11.6 Å². The molecular weight excluding hydrogens is 243 g/mol. The molecule has 0 saturated heterocycles. The Bertz CT molecular complexity index is 478. The Hall–Kier alpha value is -1.44. The SMILES string of the molecule is COCCC1(CNCc2ccc(C#N)cc2F)CC1. The van der Waals surface area contributed by atoms with Crippen molar-refractivity contribution in [3.05, 3.63) is 35.1 Å². The van der Waals surface area contributed by atoms with Crippen LogP contribution in [0.15, 0.2) is 18.2 Å². The van der Waals surface area contributed by atoms with Crippen molar-refractivity contribution in [3.63, 3.8) is 0 Å². The summed E-state index contributed by atoms with van der Waals surface area (Å²) in [7, 11) is 1.72.